The monoisotopic (exact) mass is 324 g/mol. The Morgan fingerprint density at radius 3 is 1.52 bits per heavy atom. The first-order chi connectivity index (χ1) is 12.3. The normalized spacial score (nSPS) is 10.4. The van der Waals surface area contributed by atoms with Crippen LogP contribution in [0.2, 0.25) is 0 Å². The molecule has 0 amide bonds. The van der Waals surface area contributed by atoms with Crippen molar-refractivity contribution < 1.29 is 5.11 Å². The molecule has 25 heavy (non-hydrogen) atoms. The molecule has 0 radical (unpaired) electrons. The molecule has 0 bridgehead atoms. The van der Waals surface area contributed by atoms with Gasteiger partial charge in [0.15, 0.2) is 0 Å². The topological polar surface area (TPSA) is 20.2 Å². The molecule has 1 nitrogen and oxygen atoms in total. The number of phenols is 1. The van der Waals surface area contributed by atoms with Crippen LogP contribution < -0.4 is 0 Å². The van der Waals surface area contributed by atoms with Crippen molar-refractivity contribution in [1.29, 1.82) is 0 Å². The van der Waals surface area contributed by atoms with Gasteiger partial charge in [-0.1, -0.05) is 109 Å². The van der Waals surface area contributed by atoms with E-state index in [1.165, 1.54) is 11.1 Å². The molecule has 4 aromatic carbocycles. The first-order valence-corrected chi connectivity index (χ1v) is 8.28. The largest absolute Gasteiger partial charge is 0.507 e. The molecule has 0 atom stereocenters. The van der Waals surface area contributed by atoms with Crippen molar-refractivity contribution in [2.45, 2.75) is 0 Å². The third-order valence-electron chi connectivity index (χ3n) is 3.83. The Kier molecular flexibility index (Phi) is 5.63. The highest BCUT2D eigenvalue weighted by molar-refractivity contribution is 5.87. The first kappa shape index (κ1) is 16.5. The van der Waals surface area contributed by atoms with Crippen LogP contribution in [0.4, 0.5) is 0 Å². The summed E-state index contributed by atoms with van der Waals surface area (Å²) in [6.45, 7) is 0. The minimum absolute atomic E-state index is 0.350. The van der Waals surface area contributed by atoms with Gasteiger partial charge in [0.2, 0.25) is 0 Å². The van der Waals surface area contributed by atoms with Crippen LogP contribution in [0.1, 0.15) is 11.1 Å². The smallest absolute Gasteiger partial charge is 0.123 e. The fraction of sp³-hybridized carbons (Fsp3) is 0. The van der Waals surface area contributed by atoms with Gasteiger partial charge in [-0.05, 0) is 22.6 Å². The van der Waals surface area contributed by atoms with Crippen LogP contribution in [-0.2, 0) is 0 Å². The van der Waals surface area contributed by atoms with E-state index in [1.807, 2.05) is 72.8 Å². The Morgan fingerprint density at radius 2 is 0.960 bits per heavy atom. The average molecular weight is 324 g/mol. The second-order valence-electron chi connectivity index (χ2n) is 5.65. The third-order valence-corrected chi connectivity index (χ3v) is 3.83. The molecule has 0 saturated carbocycles. The van der Waals surface area contributed by atoms with Gasteiger partial charge < -0.3 is 5.11 Å². The Labute approximate surface area is 148 Å². The van der Waals surface area contributed by atoms with E-state index in [-0.39, 0.29) is 0 Å². The molecule has 1 N–H and O–H groups in total. The average Bonchev–Trinajstić information content (AvgIpc) is 2.69. The van der Waals surface area contributed by atoms with Crippen LogP contribution in [0.25, 0.3) is 22.9 Å². The summed E-state index contributed by atoms with van der Waals surface area (Å²) < 4.78 is 0. The summed E-state index contributed by atoms with van der Waals surface area (Å²) in [5, 5.41) is 11.4. The molecule has 4 rings (SSSR count). The van der Waals surface area contributed by atoms with Gasteiger partial charge in [-0.2, -0.15) is 0 Å². The van der Waals surface area contributed by atoms with Crippen molar-refractivity contribution in [1.82, 2.24) is 0 Å². The summed E-state index contributed by atoms with van der Waals surface area (Å²) in [6.07, 6.45) is 4.24. The van der Waals surface area contributed by atoms with Crippen molar-refractivity contribution in [3.63, 3.8) is 0 Å². The standard InChI is InChI=1S/C14H12.C10H8O/c1-3-7-13(8-4-1)11-12-14-9-5-2-6-10-14;11-10-7-3-5-8-4-1-2-6-9(8)10/h1-12H;1-7,11H. The van der Waals surface area contributed by atoms with E-state index in [4.69, 9.17) is 0 Å². The van der Waals surface area contributed by atoms with Crippen molar-refractivity contribution in [2.24, 2.45) is 0 Å². The van der Waals surface area contributed by atoms with E-state index in [0.29, 0.717) is 5.75 Å². The summed E-state index contributed by atoms with van der Waals surface area (Å²) >= 11 is 0. The SMILES string of the molecule is C(=Cc1ccccc1)c1ccccc1.Oc1cccc2ccccc12. The second-order valence-corrected chi connectivity index (χ2v) is 5.65. The minimum Gasteiger partial charge on any atom is -0.507 e. The third kappa shape index (κ3) is 4.82. The summed E-state index contributed by atoms with van der Waals surface area (Å²) in [7, 11) is 0. The highest BCUT2D eigenvalue weighted by Crippen LogP contribution is 2.22. The lowest BCUT2D eigenvalue weighted by Gasteiger charge is -1.97. The van der Waals surface area contributed by atoms with Crippen LogP contribution in [0.15, 0.2) is 103 Å². The fourth-order valence-electron chi connectivity index (χ4n) is 2.53. The molecule has 0 aromatic heterocycles. The summed E-state index contributed by atoms with van der Waals surface area (Å²) in [5.74, 6) is 0.350. The van der Waals surface area contributed by atoms with E-state index in [0.717, 1.165) is 10.8 Å². The van der Waals surface area contributed by atoms with Crippen molar-refractivity contribution in [3.8, 4) is 5.75 Å². The quantitative estimate of drug-likeness (QED) is 0.423. The molecule has 1 heteroatoms. The summed E-state index contributed by atoms with van der Waals surface area (Å²) in [4.78, 5) is 0. The lowest BCUT2D eigenvalue weighted by molar-refractivity contribution is 0.481. The molecular formula is C24H20O. The van der Waals surface area contributed by atoms with E-state index < -0.39 is 0 Å². The van der Waals surface area contributed by atoms with Crippen molar-refractivity contribution in [3.05, 3.63) is 114 Å². The zero-order valence-electron chi connectivity index (χ0n) is 13.9. The van der Waals surface area contributed by atoms with Crippen LogP contribution in [0.3, 0.4) is 0 Å². The molecule has 4 aromatic rings. The molecular weight excluding hydrogens is 304 g/mol. The zero-order valence-corrected chi connectivity index (χ0v) is 13.9. The van der Waals surface area contributed by atoms with Crippen LogP contribution in [0.5, 0.6) is 5.75 Å². The minimum atomic E-state index is 0.350. The Balaban J connectivity index is 0.000000150. The van der Waals surface area contributed by atoms with Crippen LogP contribution >= 0.6 is 0 Å². The molecule has 0 heterocycles. The molecule has 0 aliphatic carbocycles. The van der Waals surface area contributed by atoms with E-state index in [1.54, 1.807) is 6.07 Å². The molecule has 122 valence electrons. The van der Waals surface area contributed by atoms with Gasteiger partial charge in [0.05, 0.1) is 0 Å². The summed E-state index contributed by atoms with van der Waals surface area (Å²) in [5.41, 5.74) is 2.47. The Morgan fingerprint density at radius 1 is 0.480 bits per heavy atom. The van der Waals surface area contributed by atoms with Gasteiger partial charge in [-0.15, -0.1) is 0 Å². The highest BCUT2D eigenvalue weighted by atomic mass is 16.3. The van der Waals surface area contributed by atoms with E-state index >= 15 is 0 Å². The zero-order chi connectivity index (χ0) is 17.3. The maximum absolute atomic E-state index is 9.37. The van der Waals surface area contributed by atoms with Crippen LogP contribution in [0, 0.1) is 0 Å². The van der Waals surface area contributed by atoms with Gasteiger partial charge in [0, 0.05) is 5.39 Å². The van der Waals surface area contributed by atoms with Gasteiger partial charge in [0.1, 0.15) is 5.75 Å². The highest BCUT2D eigenvalue weighted by Gasteiger charge is 1.94. The Hall–Kier alpha value is -3.32. The fourth-order valence-corrected chi connectivity index (χ4v) is 2.53. The van der Waals surface area contributed by atoms with Crippen molar-refractivity contribution >= 4 is 22.9 Å². The van der Waals surface area contributed by atoms with Crippen LogP contribution in [-0.4, -0.2) is 5.11 Å². The number of hydrogen-bond acceptors (Lipinski definition) is 1. The number of aromatic hydroxyl groups is 1. The first-order valence-electron chi connectivity index (χ1n) is 8.28. The number of rotatable bonds is 2. The second kappa shape index (κ2) is 8.51. The van der Waals surface area contributed by atoms with Gasteiger partial charge in [0.25, 0.3) is 0 Å². The number of hydrogen-bond donors (Lipinski definition) is 1. The van der Waals surface area contributed by atoms with Gasteiger partial charge in [-0.25, -0.2) is 0 Å². The molecule has 0 spiro atoms. The summed E-state index contributed by atoms with van der Waals surface area (Å²) in [6, 6.07) is 33.9. The van der Waals surface area contributed by atoms with Crippen molar-refractivity contribution in [2.75, 3.05) is 0 Å². The predicted molar refractivity (Wildman–Crippen MR) is 107 cm³/mol. The lowest BCUT2D eigenvalue weighted by atomic mass is 10.1. The predicted octanol–water partition coefficient (Wildman–Crippen LogP) is 6.40. The molecule has 0 fully saturated rings. The maximum atomic E-state index is 9.37. The molecule has 0 aliphatic rings. The molecule has 0 saturated heterocycles. The lowest BCUT2D eigenvalue weighted by Crippen LogP contribution is -1.70. The van der Waals surface area contributed by atoms with Gasteiger partial charge in [-0.3, -0.25) is 0 Å². The maximum Gasteiger partial charge on any atom is 0.123 e. The van der Waals surface area contributed by atoms with Gasteiger partial charge >= 0.3 is 0 Å². The number of phenolic OH excluding ortho intramolecular Hbond substituents is 1. The van der Waals surface area contributed by atoms with E-state index in [2.05, 4.69) is 36.4 Å². The molecule has 0 aliphatic heterocycles. The Bertz CT molecular complexity index is 894. The number of benzene rings is 4. The molecule has 0 unspecified atom stereocenters. The van der Waals surface area contributed by atoms with E-state index in [9.17, 15) is 5.11 Å². The number of fused-ring (bicyclic) bond motifs is 1.